The van der Waals surface area contributed by atoms with Gasteiger partial charge in [0.25, 0.3) is 5.91 Å². The zero-order valence-corrected chi connectivity index (χ0v) is 27.4. The third-order valence-corrected chi connectivity index (χ3v) is 7.66. The highest BCUT2D eigenvalue weighted by Gasteiger charge is 2.21. The molecule has 4 aromatic carbocycles. The maximum atomic E-state index is 12.9. The summed E-state index contributed by atoms with van der Waals surface area (Å²) in [5, 5.41) is 15.1. The van der Waals surface area contributed by atoms with Crippen molar-refractivity contribution in [1.29, 1.82) is 0 Å². The quantitative estimate of drug-likeness (QED) is 0.0627. The van der Waals surface area contributed by atoms with Crippen LogP contribution in [-0.2, 0) is 22.4 Å². The van der Waals surface area contributed by atoms with E-state index in [9.17, 15) is 24.3 Å². The number of unbranched alkanes of at least 4 members (excludes halogenated alkanes) is 4. The van der Waals surface area contributed by atoms with E-state index in [0.717, 1.165) is 24.0 Å². The second kappa shape index (κ2) is 18.0. The van der Waals surface area contributed by atoms with Gasteiger partial charge in [-0.15, -0.1) is 0 Å². The van der Waals surface area contributed by atoms with Gasteiger partial charge in [0.05, 0.1) is 18.6 Å². The first kappa shape index (κ1) is 35.4. The van der Waals surface area contributed by atoms with Gasteiger partial charge in [-0.25, -0.2) is 9.59 Å². The molecule has 0 bridgehead atoms. The molecule has 0 saturated carbocycles. The molecule has 0 aliphatic carbocycles. The Kier molecular flexibility index (Phi) is 13.3. The fraction of sp³-hybridized carbons (Fsp3) is 0.282. The lowest BCUT2D eigenvalue weighted by molar-refractivity contribution is -0.139. The van der Waals surface area contributed by atoms with Crippen molar-refractivity contribution < 1.29 is 33.8 Å². The van der Waals surface area contributed by atoms with Gasteiger partial charge < -0.3 is 25.2 Å². The van der Waals surface area contributed by atoms with Crippen molar-refractivity contribution in [1.82, 2.24) is 5.32 Å². The third-order valence-electron chi connectivity index (χ3n) is 7.66. The number of aryl methyl sites for hydroxylation is 1. The fourth-order valence-corrected chi connectivity index (χ4v) is 5.04. The normalized spacial score (nSPS) is 11.3. The van der Waals surface area contributed by atoms with E-state index in [4.69, 9.17) is 9.47 Å². The van der Waals surface area contributed by atoms with E-state index in [0.29, 0.717) is 34.9 Å². The topological polar surface area (TPSA) is 131 Å². The molecule has 2 amide bonds. The van der Waals surface area contributed by atoms with Crippen molar-refractivity contribution in [2.75, 3.05) is 11.9 Å². The molecule has 4 rings (SSSR count). The molecule has 0 aliphatic heterocycles. The maximum Gasteiger partial charge on any atom is 0.343 e. The smallest absolute Gasteiger partial charge is 0.343 e. The summed E-state index contributed by atoms with van der Waals surface area (Å²) < 4.78 is 11.2. The van der Waals surface area contributed by atoms with Crippen LogP contribution in [0.2, 0.25) is 0 Å². The van der Waals surface area contributed by atoms with Crippen LogP contribution in [0.4, 0.5) is 5.69 Å². The van der Waals surface area contributed by atoms with Gasteiger partial charge in [-0.1, -0.05) is 74.6 Å². The van der Waals surface area contributed by atoms with Crippen molar-refractivity contribution >= 4 is 29.4 Å². The first-order chi connectivity index (χ1) is 23.2. The number of carboxylic acid groups (broad SMARTS) is 1. The Bertz CT molecular complexity index is 1670. The van der Waals surface area contributed by atoms with Crippen LogP contribution in [0.25, 0.3) is 0 Å². The molecular formula is C39H42N2O7. The van der Waals surface area contributed by atoms with Crippen LogP contribution in [0.15, 0.2) is 97.1 Å². The molecule has 9 nitrogen and oxygen atoms in total. The third kappa shape index (κ3) is 11.4. The van der Waals surface area contributed by atoms with Crippen LogP contribution in [0.5, 0.6) is 11.5 Å². The van der Waals surface area contributed by atoms with E-state index in [1.165, 1.54) is 31.4 Å². The lowest BCUT2D eigenvalue weighted by Crippen LogP contribution is -2.42. The van der Waals surface area contributed by atoms with Crippen LogP contribution < -0.4 is 20.1 Å². The summed E-state index contributed by atoms with van der Waals surface area (Å²) in [7, 11) is 0. The number of carboxylic acids is 1. The summed E-state index contributed by atoms with van der Waals surface area (Å²) in [6.07, 6.45) is 6.00. The van der Waals surface area contributed by atoms with Crippen molar-refractivity contribution in [2.45, 2.75) is 64.8 Å². The number of ether oxygens (including phenoxy) is 2. The zero-order valence-electron chi connectivity index (χ0n) is 27.4. The summed E-state index contributed by atoms with van der Waals surface area (Å²) in [6.45, 7) is 4.78. The summed E-state index contributed by atoms with van der Waals surface area (Å²) in [4.78, 5) is 49.9. The number of aliphatic carboxylic acids is 1. The van der Waals surface area contributed by atoms with Crippen LogP contribution in [0.1, 0.15) is 76.4 Å². The van der Waals surface area contributed by atoms with Crippen LogP contribution in [0, 0.1) is 6.92 Å². The molecule has 0 aliphatic rings. The molecule has 0 spiro atoms. The van der Waals surface area contributed by atoms with Crippen LogP contribution in [0.3, 0.4) is 0 Å². The number of amides is 2. The molecule has 0 fully saturated rings. The number of hydrogen-bond donors (Lipinski definition) is 3. The highest BCUT2D eigenvalue weighted by molar-refractivity contribution is 5.98. The number of nitrogens with one attached hydrogen (secondary N) is 2. The average Bonchev–Trinajstić information content (AvgIpc) is 3.07. The molecule has 0 heterocycles. The number of anilines is 1. The van der Waals surface area contributed by atoms with Crippen molar-refractivity contribution in [3.05, 3.63) is 125 Å². The highest BCUT2D eigenvalue weighted by Crippen LogP contribution is 2.19. The molecule has 48 heavy (non-hydrogen) atoms. The van der Waals surface area contributed by atoms with Gasteiger partial charge in [0, 0.05) is 17.7 Å². The predicted molar refractivity (Wildman–Crippen MR) is 185 cm³/mol. The predicted octanol–water partition coefficient (Wildman–Crippen LogP) is 7.17. The number of carbonyl (C=O) groups is 4. The summed E-state index contributed by atoms with van der Waals surface area (Å²) in [6, 6.07) is 26.0. The minimum Gasteiger partial charge on any atom is -0.494 e. The second-order valence-corrected chi connectivity index (χ2v) is 11.7. The Morgan fingerprint density at radius 1 is 0.750 bits per heavy atom. The van der Waals surface area contributed by atoms with Crippen molar-refractivity contribution in [3.63, 3.8) is 0 Å². The molecule has 0 radical (unpaired) electrons. The molecule has 4 aromatic rings. The maximum absolute atomic E-state index is 12.9. The van der Waals surface area contributed by atoms with Crippen LogP contribution in [-0.4, -0.2) is 41.5 Å². The highest BCUT2D eigenvalue weighted by atomic mass is 16.5. The number of hydrogen-bond acceptors (Lipinski definition) is 6. The Morgan fingerprint density at radius 3 is 2.08 bits per heavy atom. The monoisotopic (exact) mass is 650 g/mol. The van der Waals surface area contributed by atoms with Crippen LogP contribution >= 0.6 is 0 Å². The van der Waals surface area contributed by atoms with E-state index in [2.05, 4.69) is 17.6 Å². The molecule has 1 unspecified atom stereocenters. The zero-order chi connectivity index (χ0) is 34.3. The molecule has 1 atom stereocenters. The first-order valence-electron chi connectivity index (χ1n) is 16.2. The van der Waals surface area contributed by atoms with E-state index < -0.39 is 23.9 Å². The lowest BCUT2D eigenvalue weighted by atomic mass is 10.0. The summed E-state index contributed by atoms with van der Waals surface area (Å²) >= 11 is 0. The van der Waals surface area contributed by atoms with E-state index in [1.54, 1.807) is 60.7 Å². The molecule has 0 aromatic heterocycles. The summed E-state index contributed by atoms with van der Waals surface area (Å²) in [5.74, 6) is -1.47. The van der Waals surface area contributed by atoms with Gasteiger partial charge in [0.15, 0.2) is 0 Å². The van der Waals surface area contributed by atoms with E-state index in [-0.39, 0.29) is 24.3 Å². The van der Waals surface area contributed by atoms with Gasteiger partial charge in [0.1, 0.15) is 17.5 Å². The molecule has 9 heteroatoms. The SMILES string of the molecule is CCCCCCCOc1ccc(C(=O)Oc2ccc(CC(NC(=O)c3ccc(NC(=O)Cc4cccc(C)c4)cc3)C(=O)O)cc2)cc1. The van der Waals surface area contributed by atoms with Crippen molar-refractivity contribution in [2.24, 2.45) is 0 Å². The average molecular weight is 651 g/mol. The number of benzene rings is 4. The fourth-order valence-electron chi connectivity index (χ4n) is 5.04. The minimum absolute atomic E-state index is 0.0163. The van der Waals surface area contributed by atoms with Gasteiger partial charge in [-0.05, 0) is 85.1 Å². The van der Waals surface area contributed by atoms with Gasteiger partial charge in [0.2, 0.25) is 5.91 Å². The lowest BCUT2D eigenvalue weighted by Gasteiger charge is -2.15. The van der Waals surface area contributed by atoms with Gasteiger partial charge >= 0.3 is 11.9 Å². The Labute approximate surface area is 281 Å². The Balaban J connectivity index is 1.24. The first-order valence-corrected chi connectivity index (χ1v) is 16.2. The molecular weight excluding hydrogens is 608 g/mol. The Hall–Kier alpha value is -5.44. The Morgan fingerprint density at radius 2 is 1.42 bits per heavy atom. The minimum atomic E-state index is -1.20. The second-order valence-electron chi connectivity index (χ2n) is 11.7. The molecule has 0 saturated heterocycles. The number of carbonyl (C=O) groups excluding carboxylic acids is 3. The molecule has 250 valence electrons. The standard InChI is InChI=1S/C39H42N2O7/c1-3-4-5-6-7-23-47-33-21-15-31(16-22-33)39(46)48-34-19-11-28(12-20-34)25-35(38(44)45)41-37(43)30-13-17-32(18-14-30)40-36(42)26-29-10-8-9-27(2)24-29/h8-22,24,35H,3-7,23,25-26H2,1-2H3,(H,40,42)(H,41,43)(H,44,45). The largest absolute Gasteiger partial charge is 0.494 e. The van der Waals surface area contributed by atoms with Gasteiger partial charge in [-0.2, -0.15) is 0 Å². The number of esters is 1. The number of rotatable bonds is 17. The van der Waals surface area contributed by atoms with Gasteiger partial charge in [-0.3, -0.25) is 9.59 Å². The van der Waals surface area contributed by atoms with Crippen molar-refractivity contribution in [3.8, 4) is 11.5 Å². The van der Waals surface area contributed by atoms with E-state index in [1.807, 2.05) is 31.2 Å². The van der Waals surface area contributed by atoms with E-state index >= 15 is 0 Å². The summed E-state index contributed by atoms with van der Waals surface area (Å²) in [5.41, 5.74) is 3.75. The molecule has 3 N–H and O–H groups in total.